The monoisotopic (exact) mass is 233 g/mol. The first-order chi connectivity index (χ1) is 8.13. The second-order valence-corrected chi connectivity index (χ2v) is 3.67. The lowest BCUT2D eigenvalue weighted by Crippen LogP contribution is -2.36. The Morgan fingerprint density at radius 1 is 1.41 bits per heavy atom. The molecule has 0 aromatic heterocycles. The minimum atomic E-state index is -1.77. The maximum Gasteiger partial charge on any atom is 0.394 e. The molecule has 0 aliphatic heterocycles. The van der Waals surface area contributed by atoms with Crippen LogP contribution in [0.3, 0.4) is 0 Å². The van der Waals surface area contributed by atoms with Gasteiger partial charge in [-0.2, -0.15) is 0 Å². The number of nitrogens with zero attached hydrogens (tertiary/aromatic N) is 1. The highest BCUT2D eigenvalue weighted by molar-refractivity contribution is 6.09. The summed E-state index contributed by atoms with van der Waals surface area (Å²) in [4.78, 5) is 22.1. The van der Waals surface area contributed by atoms with Crippen LogP contribution in [0.4, 0.5) is 0 Å². The van der Waals surface area contributed by atoms with Crippen LogP contribution in [0.15, 0.2) is 36.4 Å². The lowest BCUT2D eigenvalue weighted by molar-refractivity contribution is -0.514. The highest BCUT2D eigenvalue weighted by Crippen LogP contribution is 2.46. The summed E-state index contributed by atoms with van der Waals surface area (Å²) in [5.41, 5.74) is -0.684. The number of ether oxygens (including phenoxy) is 1. The number of carbonyl (C=O) groups excluding carboxylic acids is 1. The van der Waals surface area contributed by atoms with Gasteiger partial charge in [-0.15, -0.1) is 0 Å². The molecule has 5 nitrogen and oxygen atoms in total. The molecule has 0 amide bonds. The molecule has 2 rings (SSSR count). The highest BCUT2D eigenvalue weighted by atomic mass is 16.6. The average Bonchev–Trinajstić information content (AvgIpc) is 3.07. The molecule has 1 aromatic rings. The number of rotatable bonds is 4. The summed E-state index contributed by atoms with van der Waals surface area (Å²) in [6, 6.07) is 8.81. The van der Waals surface area contributed by atoms with Gasteiger partial charge in [0, 0.05) is 11.0 Å². The number of hydrogen-bond donors (Lipinski definition) is 0. The molecule has 0 N–H and O–H groups in total. The van der Waals surface area contributed by atoms with Gasteiger partial charge in [-0.25, -0.2) is 4.79 Å². The average molecular weight is 233 g/mol. The second kappa shape index (κ2) is 4.01. The van der Waals surface area contributed by atoms with Crippen molar-refractivity contribution in [3.63, 3.8) is 0 Å². The van der Waals surface area contributed by atoms with Crippen molar-refractivity contribution in [3.05, 3.63) is 52.1 Å². The molecule has 1 aliphatic carbocycles. The first-order valence-electron chi connectivity index (χ1n) is 5.23. The Balaban J connectivity index is 2.27. The SMILES string of the molecule is CCOC(=O)[C@@]1([N+](=O)[O-])C=C1c1ccccc1. The zero-order valence-corrected chi connectivity index (χ0v) is 9.25. The second-order valence-electron chi connectivity index (χ2n) is 3.67. The first-order valence-corrected chi connectivity index (χ1v) is 5.23. The molecule has 88 valence electrons. The molecule has 5 heteroatoms. The topological polar surface area (TPSA) is 69.4 Å². The maximum atomic E-state index is 11.6. The van der Waals surface area contributed by atoms with E-state index in [0.717, 1.165) is 0 Å². The summed E-state index contributed by atoms with van der Waals surface area (Å²) >= 11 is 0. The van der Waals surface area contributed by atoms with Crippen LogP contribution in [0.25, 0.3) is 5.57 Å². The Morgan fingerprint density at radius 2 is 2.06 bits per heavy atom. The Hall–Kier alpha value is -2.17. The molecule has 0 radical (unpaired) electrons. The third kappa shape index (κ3) is 1.69. The standard InChI is InChI=1S/C12H11NO4/c1-2-17-11(14)12(13(15)16)8-10(12)9-6-4-3-5-7-9/h3-8H,2H2,1H3/t12-/m1/s1. The lowest BCUT2D eigenvalue weighted by Gasteiger charge is -2.09. The number of nitro groups is 1. The van der Waals surface area contributed by atoms with Crippen LogP contribution in [-0.2, 0) is 9.53 Å². The van der Waals surface area contributed by atoms with Gasteiger partial charge in [0.25, 0.3) is 0 Å². The van der Waals surface area contributed by atoms with Crippen LogP contribution in [-0.4, -0.2) is 23.0 Å². The van der Waals surface area contributed by atoms with Crippen molar-refractivity contribution in [2.24, 2.45) is 0 Å². The molecule has 0 saturated heterocycles. The van der Waals surface area contributed by atoms with Gasteiger partial charge < -0.3 is 4.74 Å². The van der Waals surface area contributed by atoms with Crippen LogP contribution < -0.4 is 0 Å². The zero-order chi connectivity index (χ0) is 12.5. The summed E-state index contributed by atoms with van der Waals surface area (Å²) in [5.74, 6) is -0.816. The molecule has 0 spiro atoms. The predicted octanol–water partition coefficient (Wildman–Crippen LogP) is 1.66. The van der Waals surface area contributed by atoms with E-state index in [2.05, 4.69) is 0 Å². The molecular formula is C12H11NO4. The third-order valence-corrected chi connectivity index (χ3v) is 2.64. The van der Waals surface area contributed by atoms with Crippen LogP contribution >= 0.6 is 0 Å². The Morgan fingerprint density at radius 3 is 2.59 bits per heavy atom. The highest BCUT2D eigenvalue weighted by Gasteiger charge is 2.65. The van der Waals surface area contributed by atoms with E-state index in [1.54, 1.807) is 31.2 Å². The van der Waals surface area contributed by atoms with Gasteiger partial charge in [0.05, 0.1) is 12.2 Å². The van der Waals surface area contributed by atoms with Gasteiger partial charge in [0.2, 0.25) is 0 Å². The van der Waals surface area contributed by atoms with E-state index < -0.39 is 16.4 Å². The quantitative estimate of drug-likeness (QED) is 0.450. The van der Waals surface area contributed by atoms with Crippen molar-refractivity contribution in [2.45, 2.75) is 12.5 Å². The van der Waals surface area contributed by atoms with Gasteiger partial charge in [-0.3, -0.25) is 10.1 Å². The van der Waals surface area contributed by atoms with Crippen molar-refractivity contribution in [1.82, 2.24) is 0 Å². The fourth-order valence-electron chi connectivity index (χ4n) is 1.73. The molecule has 0 heterocycles. The Labute approximate surface area is 97.9 Å². The molecule has 0 saturated carbocycles. The van der Waals surface area contributed by atoms with E-state index >= 15 is 0 Å². The van der Waals surface area contributed by atoms with E-state index in [9.17, 15) is 14.9 Å². The lowest BCUT2D eigenvalue weighted by atomic mass is 10.1. The largest absolute Gasteiger partial charge is 0.460 e. The number of benzene rings is 1. The smallest absolute Gasteiger partial charge is 0.394 e. The molecule has 0 unspecified atom stereocenters. The van der Waals surface area contributed by atoms with Crippen LogP contribution in [0.5, 0.6) is 0 Å². The van der Waals surface area contributed by atoms with E-state index in [1.165, 1.54) is 6.08 Å². The third-order valence-electron chi connectivity index (χ3n) is 2.64. The minimum absolute atomic E-state index is 0.129. The molecule has 0 fully saturated rings. The summed E-state index contributed by atoms with van der Waals surface area (Å²) < 4.78 is 4.75. The molecule has 17 heavy (non-hydrogen) atoms. The molecular weight excluding hydrogens is 222 g/mol. The normalized spacial score (nSPS) is 21.6. The molecule has 1 aliphatic rings. The summed E-state index contributed by atoms with van der Waals surface area (Å²) in [5, 5.41) is 11.0. The number of hydrogen-bond acceptors (Lipinski definition) is 4. The fraction of sp³-hybridized carbons (Fsp3) is 0.250. The minimum Gasteiger partial charge on any atom is -0.460 e. The number of esters is 1. The predicted molar refractivity (Wildman–Crippen MR) is 60.8 cm³/mol. The molecule has 1 aromatic carbocycles. The van der Waals surface area contributed by atoms with Gasteiger partial charge >= 0.3 is 11.5 Å². The van der Waals surface area contributed by atoms with Crippen molar-refractivity contribution < 1.29 is 14.5 Å². The zero-order valence-electron chi connectivity index (χ0n) is 9.25. The van der Waals surface area contributed by atoms with Crippen LogP contribution in [0.2, 0.25) is 0 Å². The van der Waals surface area contributed by atoms with Gasteiger partial charge in [-0.05, 0) is 12.5 Å². The Kier molecular flexibility index (Phi) is 2.67. The van der Waals surface area contributed by atoms with E-state index in [-0.39, 0.29) is 6.61 Å². The summed E-state index contributed by atoms with van der Waals surface area (Å²) in [6.45, 7) is 1.75. The van der Waals surface area contributed by atoms with E-state index in [0.29, 0.717) is 11.1 Å². The number of carbonyl (C=O) groups is 1. The maximum absolute atomic E-state index is 11.6. The van der Waals surface area contributed by atoms with Crippen molar-refractivity contribution in [2.75, 3.05) is 6.61 Å². The van der Waals surface area contributed by atoms with Crippen LogP contribution in [0, 0.1) is 10.1 Å². The molecule has 0 bridgehead atoms. The van der Waals surface area contributed by atoms with Crippen molar-refractivity contribution in [1.29, 1.82) is 0 Å². The van der Waals surface area contributed by atoms with Crippen molar-refractivity contribution >= 4 is 11.5 Å². The Bertz CT molecular complexity index is 494. The van der Waals surface area contributed by atoms with E-state index in [4.69, 9.17) is 4.74 Å². The van der Waals surface area contributed by atoms with E-state index in [1.807, 2.05) is 6.07 Å². The molecule has 1 atom stereocenters. The van der Waals surface area contributed by atoms with Crippen molar-refractivity contribution in [3.8, 4) is 0 Å². The summed E-state index contributed by atoms with van der Waals surface area (Å²) in [7, 11) is 0. The van der Waals surface area contributed by atoms with Gasteiger partial charge in [0.15, 0.2) is 0 Å². The van der Waals surface area contributed by atoms with Gasteiger partial charge in [0.1, 0.15) is 0 Å². The first kappa shape index (κ1) is 11.3. The summed E-state index contributed by atoms with van der Waals surface area (Å²) in [6.07, 6.45) is 1.33. The van der Waals surface area contributed by atoms with Gasteiger partial charge in [-0.1, -0.05) is 30.3 Å². The van der Waals surface area contributed by atoms with Crippen LogP contribution in [0.1, 0.15) is 12.5 Å². The fourth-order valence-corrected chi connectivity index (χ4v) is 1.73.